The van der Waals surface area contributed by atoms with Gasteiger partial charge in [0.2, 0.25) is 0 Å². The molecule has 1 amide bonds. The predicted octanol–water partition coefficient (Wildman–Crippen LogP) is 1.83. The van der Waals surface area contributed by atoms with E-state index in [-0.39, 0.29) is 17.1 Å². The average Bonchev–Trinajstić information content (AvgIpc) is 2.97. The van der Waals surface area contributed by atoms with Crippen LogP contribution >= 0.6 is 0 Å². The first-order valence-electron chi connectivity index (χ1n) is 6.23. The van der Waals surface area contributed by atoms with Crippen LogP contribution < -0.4 is 5.73 Å². The lowest BCUT2D eigenvalue weighted by Gasteiger charge is -2.20. The molecule has 0 atom stereocenters. The van der Waals surface area contributed by atoms with Gasteiger partial charge >= 0.3 is 0 Å². The quantitative estimate of drug-likeness (QED) is 0.663. The standard InChI is InChI=1S/C13H14N4O4/c1-2-16(7-9-3-4-21-8-9)13(18)11-5-10(17(19)20)6-15-12(11)14/h3-6,8H,2,7H2,1H3,(H2,14,15). The van der Waals surface area contributed by atoms with Gasteiger partial charge in [-0.25, -0.2) is 4.98 Å². The van der Waals surface area contributed by atoms with Gasteiger partial charge in [-0.15, -0.1) is 0 Å². The lowest BCUT2D eigenvalue weighted by molar-refractivity contribution is -0.385. The molecule has 0 bridgehead atoms. The number of anilines is 1. The van der Waals surface area contributed by atoms with Crippen LogP contribution in [0.2, 0.25) is 0 Å². The average molecular weight is 290 g/mol. The highest BCUT2D eigenvalue weighted by atomic mass is 16.6. The first-order chi connectivity index (χ1) is 10.0. The zero-order valence-electron chi connectivity index (χ0n) is 11.4. The fourth-order valence-electron chi connectivity index (χ4n) is 1.84. The molecule has 2 rings (SSSR count). The summed E-state index contributed by atoms with van der Waals surface area (Å²) in [6.07, 6.45) is 4.07. The van der Waals surface area contributed by atoms with Crippen molar-refractivity contribution < 1.29 is 14.1 Å². The maximum absolute atomic E-state index is 12.5. The molecule has 0 aromatic carbocycles. The van der Waals surface area contributed by atoms with E-state index < -0.39 is 10.8 Å². The molecule has 2 N–H and O–H groups in total. The van der Waals surface area contributed by atoms with E-state index >= 15 is 0 Å². The Hall–Kier alpha value is -2.90. The summed E-state index contributed by atoms with van der Waals surface area (Å²) in [7, 11) is 0. The molecule has 8 nitrogen and oxygen atoms in total. The Bertz CT molecular complexity index is 654. The van der Waals surface area contributed by atoms with Crippen molar-refractivity contribution in [1.82, 2.24) is 9.88 Å². The topological polar surface area (TPSA) is 116 Å². The maximum atomic E-state index is 12.5. The Morgan fingerprint density at radius 1 is 1.57 bits per heavy atom. The molecule has 0 aliphatic heterocycles. The summed E-state index contributed by atoms with van der Waals surface area (Å²) in [5, 5.41) is 10.8. The number of carbonyl (C=O) groups is 1. The van der Waals surface area contributed by atoms with Gasteiger partial charge in [0.25, 0.3) is 11.6 Å². The van der Waals surface area contributed by atoms with Crippen LogP contribution in [0.4, 0.5) is 11.5 Å². The zero-order valence-corrected chi connectivity index (χ0v) is 11.4. The highest BCUT2D eigenvalue weighted by Crippen LogP contribution is 2.19. The van der Waals surface area contributed by atoms with Gasteiger partial charge in [-0.1, -0.05) is 0 Å². The third-order valence-corrected chi connectivity index (χ3v) is 2.97. The highest BCUT2D eigenvalue weighted by Gasteiger charge is 2.21. The minimum absolute atomic E-state index is 0.0227. The molecule has 110 valence electrons. The Kier molecular flexibility index (Phi) is 4.17. The molecule has 0 fully saturated rings. The largest absolute Gasteiger partial charge is 0.472 e. The molecule has 2 aromatic heterocycles. The summed E-state index contributed by atoms with van der Waals surface area (Å²) >= 11 is 0. The van der Waals surface area contributed by atoms with Crippen molar-refractivity contribution in [2.24, 2.45) is 0 Å². The molecule has 0 saturated heterocycles. The van der Waals surface area contributed by atoms with Gasteiger partial charge in [0.15, 0.2) is 0 Å². The van der Waals surface area contributed by atoms with Crippen molar-refractivity contribution >= 4 is 17.4 Å². The van der Waals surface area contributed by atoms with Crippen molar-refractivity contribution in [2.45, 2.75) is 13.5 Å². The summed E-state index contributed by atoms with van der Waals surface area (Å²) in [5.41, 5.74) is 6.23. The van der Waals surface area contributed by atoms with E-state index in [1.54, 1.807) is 13.0 Å². The van der Waals surface area contributed by atoms with Crippen LogP contribution in [0.25, 0.3) is 0 Å². The zero-order chi connectivity index (χ0) is 15.4. The summed E-state index contributed by atoms with van der Waals surface area (Å²) in [4.78, 5) is 27.8. The molecule has 2 aromatic rings. The van der Waals surface area contributed by atoms with Crippen LogP contribution in [0.1, 0.15) is 22.8 Å². The minimum Gasteiger partial charge on any atom is -0.472 e. The Morgan fingerprint density at radius 2 is 2.33 bits per heavy atom. The molecule has 0 unspecified atom stereocenters. The first kappa shape index (κ1) is 14.5. The van der Waals surface area contributed by atoms with Crippen LogP contribution in [0, 0.1) is 10.1 Å². The van der Waals surface area contributed by atoms with E-state index in [0.717, 1.165) is 17.8 Å². The third-order valence-electron chi connectivity index (χ3n) is 2.97. The van der Waals surface area contributed by atoms with Gasteiger partial charge in [0, 0.05) is 24.7 Å². The number of pyridine rings is 1. The SMILES string of the molecule is CCN(Cc1ccoc1)C(=O)c1cc([N+](=O)[O-])cnc1N. The second-order valence-corrected chi connectivity index (χ2v) is 4.33. The molecule has 0 saturated carbocycles. The van der Waals surface area contributed by atoms with Crippen molar-refractivity contribution in [3.63, 3.8) is 0 Å². The maximum Gasteiger partial charge on any atom is 0.288 e. The van der Waals surface area contributed by atoms with E-state index in [2.05, 4.69) is 4.98 Å². The second-order valence-electron chi connectivity index (χ2n) is 4.33. The van der Waals surface area contributed by atoms with E-state index in [1.807, 2.05) is 0 Å². The summed E-state index contributed by atoms with van der Waals surface area (Å²) in [6.45, 7) is 2.55. The van der Waals surface area contributed by atoms with Crippen molar-refractivity contribution in [1.29, 1.82) is 0 Å². The number of rotatable bonds is 5. The Morgan fingerprint density at radius 3 is 2.90 bits per heavy atom. The summed E-state index contributed by atoms with van der Waals surface area (Å²) < 4.78 is 4.96. The number of aromatic nitrogens is 1. The number of nitrogens with zero attached hydrogens (tertiary/aromatic N) is 3. The fourth-order valence-corrected chi connectivity index (χ4v) is 1.84. The molecule has 0 aliphatic rings. The van der Waals surface area contributed by atoms with E-state index in [9.17, 15) is 14.9 Å². The van der Waals surface area contributed by atoms with Crippen LogP contribution in [0.5, 0.6) is 0 Å². The summed E-state index contributed by atoms with van der Waals surface area (Å²) in [5.74, 6) is -0.441. The molecular formula is C13H14N4O4. The van der Waals surface area contributed by atoms with Gasteiger partial charge in [0.1, 0.15) is 12.0 Å². The molecule has 2 heterocycles. The molecular weight excluding hydrogens is 276 g/mol. The van der Waals surface area contributed by atoms with Gasteiger partial charge < -0.3 is 15.1 Å². The van der Waals surface area contributed by atoms with E-state index in [1.165, 1.54) is 17.4 Å². The number of nitrogen functional groups attached to an aromatic ring is 1. The Labute approximate surface area is 120 Å². The number of hydrogen-bond acceptors (Lipinski definition) is 6. The molecule has 0 spiro atoms. The van der Waals surface area contributed by atoms with Gasteiger partial charge in [-0.3, -0.25) is 14.9 Å². The number of furan rings is 1. The lowest BCUT2D eigenvalue weighted by Crippen LogP contribution is -2.31. The lowest BCUT2D eigenvalue weighted by atomic mass is 10.2. The van der Waals surface area contributed by atoms with Crippen molar-refractivity contribution in [3.8, 4) is 0 Å². The van der Waals surface area contributed by atoms with Crippen molar-refractivity contribution in [3.05, 3.63) is 52.1 Å². The highest BCUT2D eigenvalue weighted by molar-refractivity contribution is 5.98. The number of carbonyl (C=O) groups excluding carboxylic acids is 1. The monoisotopic (exact) mass is 290 g/mol. The first-order valence-corrected chi connectivity index (χ1v) is 6.23. The minimum atomic E-state index is -0.615. The normalized spacial score (nSPS) is 10.3. The van der Waals surface area contributed by atoms with Crippen LogP contribution in [0.15, 0.2) is 35.3 Å². The number of hydrogen-bond donors (Lipinski definition) is 1. The fraction of sp³-hybridized carbons (Fsp3) is 0.231. The predicted molar refractivity (Wildman–Crippen MR) is 74.4 cm³/mol. The van der Waals surface area contributed by atoms with Crippen LogP contribution in [0.3, 0.4) is 0 Å². The number of amides is 1. The van der Waals surface area contributed by atoms with Crippen LogP contribution in [-0.2, 0) is 6.54 Å². The van der Waals surface area contributed by atoms with Crippen LogP contribution in [-0.4, -0.2) is 27.3 Å². The number of nitro groups is 1. The van der Waals surface area contributed by atoms with Gasteiger partial charge in [-0.05, 0) is 13.0 Å². The second kappa shape index (κ2) is 6.04. The van der Waals surface area contributed by atoms with Gasteiger partial charge in [0.05, 0.1) is 23.0 Å². The molecule has 21 heavy (non-hydrogen) atoms. The summed E-state index contributed by atoms with van der Waals surface area (Å²) in [6, 6.07) is 2.88. The van der Waals surface area contributed by atoms with Gasteiger partial charge in [-0.2, -0.15) is 0 Å². The molecule has 0 radical (unpaired) electrons. The molecule has 0 aliphatic carbocycles. The number of nitrogens with two attached hydrogens (primary N) is 1. The smallest absolute Gasteiger partial charge is 0.288 e. The molecule has 8 heteroatoms. The van der Waals surface area contributed by atoms with Crippen molar-refractivity contribution in [2.75, 3.05) is 12.3 Å². The third kappa shape index (κ3) is 3.16. The Balaban J connectivity index is 2.28. The van der Waals surface area contributed by atoms with E-state index in [4.69, 9.17) is 10.2 Å². The van der Waals surface area contributed by atoms with E-state index in [0.29, 0.717) is 13.1 Å².